The van der Waals surface area contributed by atoms with Crippen molar-refractivity contribution in [1.29, 1.82) is 0 Å². The van der Waals surface area contributed by atoms with Crippen LogP contribution in [0.3, 0.4) is 0 Å². The molecule has 0 amide bonds. The highest BCUT2D eigenvalue weighted by Gasteiger charge is 2.60. The van der Waals surface area contributed by atoms with Gasteiger partial charge in [-0.2, -0.15) is 0 Å². The summed E-state index contributed by atoms with van der Waals surface area (Å²) in [4.78, 5) is 12.6. The summed E-state index contributed by atoms with van der Waals surface area (Å²) in [6.07, 6.45) is 4.99. The van der Waals surface area contributed by atoms with Crippen LogP contribution in [-0.4, -0.2) is 13.9 Å². The van der Waals surface area contributed by atoms with E-state index in [4.69, 9.17) is 0 Å². The van der Waals surface area contributed by atoms with Gasteiger partial charge in [0.05, 0.1) is 8.07 Å². The minimum absolute atomic E-state index is 0.384. The summed E-state index contributed by atoms with van der Waals surface area (Å²) in [6.45, 7) is 11.7. The fourth-order valence-electron chi connectivity index (χ4n) is 4.75. The van der Waals surface area contributed by atoms with Gasteiger partial charge in [0.1, 0.15) is 0 Å². The number of hydrogen-bond acceptors (Lipinski definition) is 1. The number of Topliss-reactive ketones (excluding diaryl/α,β-unsaturated/α-hetero) is 1. The van der Waals surface area contributed by atoms with Crippen molar-refractivity contribution in [2.24, 2.45) is 29.1 Å². The van der Waals surface area contributed by atoms with E-state index in [1.165, 1.54) is 18.0 Å². The fraction of sp³-hybridized carbons (Fsp3) is 0.800. The number of ketones is 1. The van der Waals surface area contributed by atoms with Crippen LogP contribution in [0.4, 0.5) is 0 Å². The van der Waals surface area contributed by atoms with Crippen LogP contribution in [0.15, 0.2) is 11.3 Å². The SMILES string of the molecule is CC1(C)C[C@H]2C[C@H]1[C@@H]1C=C([Si](C)(C)C)C(=O)[C@H]21. The molecule has 1 nitrogen and oxygen atoms in total. The van der Waals surface area contributed by atoms with Crippen molar-refractivity contribution in [3.8, 4) is 0 Å². The Morgan fingerprint density at radius 1 is 1.29 bits per heavy atom. The molecule has 0 aromatic heterocycles. The fourth-order valence-corrected chi connectivity index (χ4v) is 6.35. The second-order valence-electron chi connectivity index (χ2n) is 8.09. The first kappa shape index (κ1) is 11.7. The Morgan fingerprint density at radius 3 is 2.53 bits per heavy atom. The molecule has 17 heavy (non-hydrogen) atoms. The van der Waals surface area contributed by atoms with E-state index in [9.17, 15) is 4.79 Å². The lowest BCUT2D eigenvalue weighted by atomic mass is 9.68. The van der Waals surface area contributed by atoms with Crippen LogP contribution >= 0.6 is 0 Å². The van der Waals surface area contributed by atoms with Crippen molar-refractivity contribution in [2.75, 3.05) is 0 Å². The summed E-state index contributed by atoms with van der Waals surface area (Å²) in [6, 6.07) is 0. The van der Waals surface area contributed by atoms with Crippen LogP contribution < -0.4 is 0 Å². The summed E-state index contributed by atoms with van der Waals surface area (Å²) in [5.41, 5.74) is 0.470. The zero-order valence-electron chi connectivity index (χ0n) is 11.7. The van der Waals surface area contributed by atoms with Gasteiger partial charge in [-0.1, -0.05) is 39.6 Å². The third-order valence-electron chi connectivity index (χ3n) is 5.47. The Bertz CT molecular complexity index is 413. The molecule has 0 aromatic rings. The molecule has 0 heterocycles. The van der Waals surface area contributed by atoms with E-state index in [0.717, 1.165) is 5.92 Å². The average Bonchev–Trinajstić information content (AvgIpc) is 2.72. The van der Waals surface area contributed by atoms with Crippen molar-refractivity contribution in [3.63, 3.8) is 0 Å². The van der Waals surface area contributed by atoms with E-state index < -0.39 is 8.07 Å². The topological polar surface area (TPSA) is 17.1 Å². The van der Waals surface area contributed by atoms with Gasteiger partial charge in [-0.3, -0.25) is 4.79 Å². The lowest BCUT2D eigenvalue weighted by Gasteiger charge is -2.36. The van der Waals surface area contributed by atoms with E-state index in [2.05, 4.69) is 39.6 Å². The standard InChI is InChI=1S/C15H24OSi/c1-15(2)8-9-6-11(15)10-7-12(17(3,4)5)14(16)13(9)10/h7,9-11,13H,6,8H2,1-5H3/t9-,10+,11+,13-/m1/s1. The molecule has 0 aliphatic heterocycles. The van der Waals surface area contributed by atoms with Gasteiger partial charge in [-0.05, 0) is 41.2 Å². The van der Waals surface area contributed by atoms with Crippen LogP contribution in [0.1, 0.15) is 26.7 Å². The summed E-state index contributed by atoms with van der Waals surface area (Å²) < 4.78 is 0. The second-order valence-corrected chi connectivity index (χ2v) is 13.1. The minimum atomic E-state index is -1.42. The quantitative estimate of drug-likeness (QED) is 0.647. The van der Waals surface area contributed by atoms with Crippen molar-refractivity contribution in [1.82, 2.24) is 0 Å². The number of carbonyl (C=O) groups is 1. The predicted octanol–water partition coefficient (Wildman–Crippen LogP) is 3.67. The van der Waals surface area contributed by atoms with Crippen molar-refractivity contribution < 1.29 is 4.79 Å². The normalized spacial score (nSPS) is 42.9. The number of carbonyl (C=O) groups excluding carboxylic acids is 1. The summed E-state index contributed by atoms with van der Waals surface area (Å²) >= 11 is 0. The predicted molar refractivity (Wildman–Crippen MR) is 73.4 cm³/mol. The maximum Gasteiger partial charge on any atom is 0.158 e. The molecule has 2 bridgehead atoms. The Morgan fingerprint density at radius 2 is 1.94 bits per heavy atom. The third-order valence-corrected chi connectivity index (χ3v) is 7.50. The smallest absolute Gasteiger partial charge is 0.158 e. The molecule has 2 saturated carbocycles. The highest BCUT2D eigenvalue weighted by Crippen LogP contribution is 2.64. The van der Waals surface area contributed by atoms with Crippen LogP contribution in [0, 0.1) is 29.1 Å². The molecule has 3 aliphatic carbocycles. The van der Waals surface area contributed by atoms with Gasteiger partial charge >= 0.3 is 0 Å². The van der Waals surface area contributed by atoms with Gasteiger partial charge in [0.15, 0.2) is 5.78 Å². The Kier molecular flexibility index (Phi) is 2.16. The van der Waals surface area contributed by atoms with Crippen LogP contribution in [-0.2, 0) is 4.79 Å². The molecule has 3 rings (SSSR count). The molecule has 0 N–H and O–H groups in total. The molecule has 0 radical (unpaired) electrons. The second kappa shape index (κ2) is 3.14. The lowest BCUT2D eigenvalue weighted by Crippen LogP contribution is -2.35. The van der Waals surface area contributed by atoms with Gasteiger partial charge < -0.3 is 0 Å². The summed E-state index contributed by atoms with van der Waals surface area (Å²) in [5.74, 6) is 2.98. The Labute approximate surface area is 106 Å². The van der Waals surface area contributed by atoms with E-state index in [-0.39, 0.29) is 0 Å². The van der Waals surface area contributed by atoms with E-state index in [1.807, 2.05) is 0 Å². The van der Waals surface area contributed by atoms with Crippen LogP contribution in [0.2, 0.25) is 19.6 Å². The first-order valence-corrected chi connectivity index (χ1v) is 10.5. The minimum Gasteiger partial charge on any atom is -0.295 e. The van der Waals surface area contributed by atoms with Gasteiger partial charge in [-0.25, -0.2) is 0 Å². The summed E-state index contributed by atoms with van der Waals surface area (Å²) in [7, 11) is -1.42. The molecule has 0 aromatic carbocycles. The van der Waals surface area contributed by atoms with Crippen molar-refractivity contribution >= 4 is 13.9 Å². The number of rotatable bonds is 1. The lowest BCUT2D eigenvalue weighted by molar-refractivity contribution is -0.120. The van der Waals surface area contributed by atoms with Crippen molar-refractivity contribution in [3.05, 3.63) is 11.3 Å². The molecule has 3 aliphatic rings. The average molecular weight is 248 g/mol. The maximum atomic E-state index is 12.6. The Balaban J connectivity index is 1.98. The molecular weight excluding hydrogens is 224 g/mol. The van der Waals surface area contributed by atoms with Gasteiger partial charge in [-0.15, -0.1) is 0 Å². The molecule has 0 unspecified atom stereocenters. The molecule has 0 spiro atoms. The monoisotopic (exact) mass is 248 g/mol. The number of allylic oxidation sites excluding steroid dienone is 2. The first-order valence-electron chi connectivity index (χ1n) is 6.98. The van der Waals surface area contributed by atoms with Gasteiger partial charge in [0.25, 0.3) is 0 Å². The number of fused-ring (bicyclic) bond motifs is 5. The molecule has 94 valence electrons. The van der Waals surface area contributed by atoms with Gasteiger partial charge in [0, 0.05) is 5.92 Å². The maximum absolute atomic E-state index is 12.6. The zero-order valence-corrected chi connectivity index (χ0v) is 12.7. The van der Waals surface area contributed by atoms with Gasteiger partial charge in [0.2, 0.25) is 0 Å². The zero-order chi connectivity index (χ0) is 12.6. The molecule has 2 fully saturated rings. The van der Waals surface area contributed by atoms with Crippen LogP contribution in [0.5, 0.6) is 0 Å². The molecular formula is C15H24OSi. The van der Waals surface area contributed by atoms with Crippen LogP contribution in [0.25, 0.3) is 0 Å². The largest absolute Gasteiger partial charge is 0.295 e. The highest BCUT2D eigenvalue weighted by atomic mass is 28.3. The third kappa shape index (κ3) is 1.46. The summed E-state index contributed by atoms with van der Waals surface area (Å²) in [5, 5.41) is 1.25. The number of hydrogen-bond donors (Lipinski definition) is 0. The molecule has 4 atom stereocenters. The highest BCUT2D eigenvalue weighted by molar-refractivity contribution is 6.87. The Hall–Kier alpha value is -0.373. The molecule has 0 saturated heterocycles. The van der Waals surface area contributed by atoms with E-state index >= 15 is 0 Å². The van der Waals surface area contributed by atoms with E-state index in [0.29, 0.717) is 29.0 Å². The van der Waals surface area contributed by atoms with E-state index in [1.54, 1.807) is 0 Å². The van der Waals surface area contributed by atoms with Crippen molar-refractivity contribution in [2.45, 2.75) is 46.3 Å². The molecule has 2 heteroatoms. The first-order chi connectivity index (χ1) is 7.72.